The molecule has 3 heterocycles. The second-order valence-electron chi connectivity index (χ2n) is 15.0. The van der Waals surface area contributed by atoms with Gasteiger partial charge in [0.1, 0.15) is 48.0 Å². The maximum absolute atomic E-state index is 14.0. The number of hydrogen-bond donors (Lipinski definition) is 10. The molecule has 0 bridgehead atoms. The van der Waals surface area contributed by atoms with Gasteiger partial charge in [-0.2, -0.15) is 0 Å². The van der Waals surface area contributed by atoms with Gasteiger partial charge in [-0.15, -0.1) is 0 Å². The van der Waals surface area contributed by atoms with Crippen molar-refractivity contribution < 1.29 is 58.5 Å². The number of nitrogens with zero attached hydrogens (tertiary/aromatic N) is 2. The Kier molecular flexibility index (Phi) is 15.5. The Morgan fingerprint density at radius 1 is 0.724 bits per heavy atom. The monoisotopic (exact) mass is 815 g/mol. The lowest BCUT2D eigenvalue weighted by molar-refractivity contribution is -0.148. The largest absolute Gasteiger partial charge is 0.508 e. The summed E-state index contributed by atoms with van der Waals surface area (Å²) in [6, 6.07) is -4.35. The summed E-state index contributed by atoms with van der Waals surface area (Å²) in [7, 11) is 0. The van der Waals surface area contributed by atoms with Crippen LogP contribution < -0.4 is 37.6 Å². The first-order valence-electron chi connectivity index (χ1n) is 19.2. The molecule has 11 N–H and O–H groups in total. The molecule has 0 spiro atoms. The predicted molar refractivity (Wildman–Crippen MR) is 201 cm³/mol. The second kappa shape index (κ2) is 20.0. The van der Waals surface area contributed by atoms with Crippen LogP contribution in [0.4, 0.5) is 0 Å². The van der Waals surface area contributed by atoms with E-state index in [2.05, 4.69) is 31.9 Å². The van der Waals surface area contributed by atoms with E-state index in [1.165, 1.54) is 34.1 Å². The standard InChI is InChI=1S/C37H53N9O12/c1-18(2)29-37(58)46-13-5-7-26(46)36(57)45-12-4-6-25(45)34(55)40-23(15-27(38)50)33(54)44-30(19(3)48)35(56)41-22(14-20-8-10-21(49)11-9-20)32(53)42-24(17-47)31(52)39-16-28(51)43-29/h8-11,18-19,22-26,29-30,47-49H,4-7,12-17H2,1-3H3,(H2,38,50)(H,39,52)(H,40,55)(H,41,56)(H,42,53)(H,43,51)(H,44,54)/t19-,22+,23+,24+,25+,26-,29+,30+/m1/s1. The van der Waals surface area contributed by atoms with E-state index in [1.807, 2.05) is 0 Å². The van der Waals surface area contributed by atoms with Crippen molar-refractivity contribution in [3.63, 3.8) is 0 Å². The van der Waals surface area contributed by atoms with Crippen molar-refractivity contribution in [2.75, 3.05) is 26.2 Å². The number of aliphatic hydroxyl groups excluding tert-OH is 2. The number of phenolic OH excluding ortho intramolecular Hbond substituents is 1. The Morgan fingerprint density at radius 2 is 1.29 bits per heavy atom. The van der Waals surface area contributed by atoms with Crippen LogP contribution in [0.2, 0.25) is 0 Å². The first kappa shape index (κ1) is 44.9. The molecule has 58 heavy (non-hydrogen) atoms. The molecule has 3 aliphatic rings. The highest BCUT2D eigenvalue weighted by Crippen LogP contribution is 2.26. The number of primary amides is 1. The predicted octanol–water partition coefficient (Wildman–Crippen LogP) is -4.63. The Bertz CT molecular complexity index is 1740. The average Bonchev–Trinajstić information content (AvgIpc) is 3.87. The third-order valence-electron chi connectivity index (χ3n) is 10.3. The molecule has 9 amide bonds. The minimum absolute atomic E-state index is 0.0990. The van der Waals surface area contributed by atoms with Gasteiger partial charge in [0, 0.05) is 19.5 Å². The maximum atomic E-state index is 14.0. The zero-order valence-corrected chi connectivity index (χ0v) is 32.6. The number of nitrogens with two attached hydrogens (primary N) is 1. The van der Waals surface area contributed by atoms with E-state index >= 15 is 0 Å². The molecule has 3 fully saturated rings. The van der Waals surface area contributed by atoms with Gasteiger partial charge in [0.15, 0.2) is 0 Å². The number of amides is 9. The molecule has 0 aliphatic carbocycles. The van der Waals surface area contributed by atoms with Crippen molar-refractivity contribution in [3.05, 3.63) is 29.8 Å². The quantitative estimate of drug-likeness (QED) is 0.124. The molecule has 8 atom stereocenters. The van der Waals surface area contributed by atoms with E-state index in [9.17, 15) is 58.5 Å². The second-order valence-corrected chi connectivity index (χ2v) is 15.0. The Labute approximate surface area is 334 Å². The minimum Gasteiger partial charge on any atom is -0.508 e. The summed E-state index contributed by atoms with van der Waals surface area (Å²) in [5, 5.41) is 44.8. The topological polar surface area (TPSA) is 319 Å². The number of nitrogens with one attached hydrogen (secondary N) is 6. The van der Waals surface area contributed by atoms with Crippen LogP contribution in [0.3, 0.4) is 0 Å². The molecule has 0 unspecified atom stereocenters. The highest BCUT2D eigenvalue weighted by Gasteiger charge is 2.45. The summed E-state index contributed by atoms with van der Waals surface area (Å²) in [4.78, 5) is 124. The van der Waals surface area contributed by atoms with Gasteiger partial charge in [0.25, 0.3) is 0 Å². The summed E-state index contributed by atoms with van der Waals surface area (Å²) in [5.41, 5.74) is 5.82. The van der Waals surface area contributed by atoms with E-state index in [0.717, 1.165) is 6.92 Å². The van der Waals surface area contributed by atoms with Crippen LogP contribution in [-0.4, -0.2) is 153 Å². The molecular weight excluding hydrogens is 762 g/mol. The van der Waals surface area contributed by atoms with Crippen molar-refractivity contribution in [3.8, 4) is 5.75 Å². The fourth-order valence-electron chi connectivity index (χ4n) is 7.13. The van der Waals surface area contributed by atoms with Gasteiger partial charge in [-0.05, 0) is 56.2 Å². The fraction of sp³-hybridized carbons (Fsp3) is 0.595. The molecule has 0 aromatic heterocycles. The van der Waals surface area contributed by atoms with Crippen LogP contribution in [0.1, 0.15) is 58.4 Å². The lowest BCUT2D eigenvalue weighted by Gasteiger charge is -2.34. The lowest BCUT2D eigenvalue weighted by atomic mass is 10.0. The number of aromatic hydroxyl groups is 1. The zero-order chi connectivity index (χ0) is 42.8. The van der Waals surface area contributed by atoms with Crippen LogP contribution in [0.25, 0.3) is 0 Å². The van der Waals surface area contributed by atoms with Gasteiger partial charge in [-0.25, -0.2) is 0 Å². The normalized spacial score (nSPS) is 27.9. The van der Waals surface area contributed by atoms with E-state index in [4.69, 9.17) is 5.73 Å². The summed E-state index contributed by atoms with van der Waals surface area (Å²) in [6.45, 7) is 3.21. The van der Waals surface area contributed by atoms with Crippen molar-refractivity contribution in [2.45, 2.75) is 108 Å². The molecule has 0 radical (unpaired) electrons. The van der Waals surface area contributed by atoms with E-state index < -0.39 is 127 Å². The summed E-state index contributed by atoms with van der Waals surface area (Å²) < 4.78 is 0. The highest BCUT2D eigenvalue weighted by molar-refractivity contribution is 5.99. The number of hydrogen-bond acceptors (Lipinski definition) is 12. The molecule has 21 nitrogen and oxygen atoms in total. The van der Waals surface area contributed by atoms with E-state index in [0.29, 0.717) is 18.4 Å². The Balaban J connectivity index is 1.71. The SMILES string of the molecule is CC(C)[C@@H]1NC(=O)CNC(=O)[C@H](CO)NC(=O)[C@H](Cc2ccc(O)cc2)NC(=O)[C@H]([C@@H](C)O)NC(=O)[C@H](CC(N)=O)NC(=O)[C@@H]2CCCN2C(=O)[C@H]2CCCN2C1=O. The van der Waals surface area contributed by atoms with Crippen molar-refractivity contribution in [1.82, 2.24) is 41.7 Å². The lowest BCUT2D eigenvalue weighted by Crippen LogP contribution is -2.62. The summed E-state index contributed by atoms with van der Waals surface area (Å²) in [5.74, 6) is -8.49. The molecular formula is C37H53N9O12. The number of rotatable bonds is 7. The number of carbonyl (C=O) groups excluding carboxylic acids is 9. The first-order valence-corrected chi connectivity index (χ1v) is 19.2. The van der Waals surface area contributed by atoms with Gasteiger partial charge in [-0.3, -0.25) is 43.2 Å². The smallest absolute Gasteiger partial charge is 0.246 e. The maximum Gasteiger partial charge on any atom is 0.246 e. The molecule has 4 rings (SSSR count). The molecule has 318 valence electrons. The van der Waals surface area contributed by atoms with Gasteiger partial charge in [0.2, 0.25) is 53.2 Å². The third kappa shape index (κ3) is 11.4. The van der Waals surface area contributed by atoms with Crippen LogP contribution in [0.5, 0.6) is 5.75 Å². The molecule has 3 aliphatic heterocycles. The van der Waals surface area contributed by atoms with Crippen LogP contribution >= 0.6 is 0 Å². The summed E-state index contributed by atoms with van der Waals surface area (Å²) >= 11 is 0. The first-order chi connectivity index (χ1) is 27.4. The number of carbonyl (C=O) groups is 9. The molecule has 1 aromatic rings. The molecule has 21 heteroatoms. The fourth-order valence-corrected chi connectivity index (χ4v) is 7.13. The van der Waals surface area contributed by atoms with Crippen molar-refractivity contribution >= 4 is 53.2 Å². The van der Waals surface area contributed by atoms with E-state index in [-0.39, 0.29) is 38.1 Å². The van der Waals surface area contributed by atoms with Crippen LogP contribution in [-0.2, 0) is 49.6 Å². The van der Waals surface area contributed by atoms with Gasteiger partial charge >= 0.3 is 0 Å². The molecule has 1 aromatic carbocycles. The Hall–Kier alpha value is -5.83. The number of fused-ring (bicyclic) bond motifs is 2. The Morgan fingerprint density at radius 3 is 1.88 bits per heavy atom. The summed E-state index contributed by atoms with van der Waals surface area (Å²) in [6.07, 6.45) is -1.33. The van der Waals surface area contributed by atoms with Crippen molar-refractivity contribution in [1.29, 1.82) is 0 Å². The van der Waals surface area contributed by atoms with Gasteiger partial charge in [0.05, 0.1) is 25.7 Å². The average molecular weight is 816 g/mol. The van der Waals surface area contributed by atoms with Crippen LogP contribution in [0, 0.1) is 5.92 Å². The third-order valence-corrected chi connectivity index (χ3v) is 10.3. The van der Waals surface area contributed by atoms with Gasteiger partial charge in [-0.1, -0.05) is 26.0 Å². The highest BCUT2D eigenvalue weighted by atomic mass is 16.3. The van der Waals surface area contributed by atoms with Crippen molar-refractivity contribution in [2.24, 2.45) is 11.7 Å². The molecule has 3 saturated heterocycles. The minimum atomic E-state index is -1.79. The van der Waals surface area contributed by atoms with Gasteiger partial charge < -0.3 is 62.8 Å². The van der Waals surface area contributed by atoms with Crippen LogP contribution in [0.15, 0.2) is 24.3 Å². The number of aliphatic hydroxyl groups is 2. The van der Waals surface area contributed by atoms with E-state index in [1.54, 1.807) is 13.8 Å². The molecule has 0 saturated carbocycles. The zero-order valence-electron chi connectivity index (χ0n) is 32.6. The number of phenols is 1. The number of benzene rings is 1.